The molecule has 0 aliphatic carbocycles. The molecule has 1 aromatic heterocycles. The summed E-state index contributed by atoms with van der Waals surface area (Å²) in [6, 6.07) is 25.1. The third-order valence-electron chi connectivity index (χ3n) is 7.86. The van der Waals surface area contributed by atoms with E-state index in [4.69, 9.17) is 9.47 Å². The molecule has 2 amide bonds. The van der Waals surface area contributed by atoms with Crippen molar-refractivity contribution in [2.45, 2.75) is 69.8 Å². The van der Waals surface area contributed by atoms with Crippen LogP contribution in [-0.2, 0) is 25.7 Å². The van der Waals surface area contributed by atoms with Gasteiger partial charge in [-0.2, -0.15) is 4.68 Å². The largest absolute Gasteiger partial charge is 0.392 e. The van der Waals surface area contributed by atoms with Gasteiger partial charge in [-0.25, -0.2) is 0 Å². The van der Waals surface area contributed by atoms with Gasteiger partial charge >= 0.3 is 0 Å². The van der Waals surface area contributed by atoms with Gasteiger partial charge in [0.1, 0.15) is 0 Å². The highest BCUT2D eigenvalue weighted by Crippen LogP contribution is 2.43. The zero-order valence-corrected chi connectivity index (χ0v) is 26.9. The highest BCUT2D eigenvalue weighted by atomic mass is 32.2. The van der Waals surface area contributed by atoms with Crippen molar-refractivity contribution in [1.82, 2.24) is 25.5 Å². The summed E-state index contributed by atoms with van der Waals surface area (Å²) in [7, 11) is 0. The fraction of sp³-hybridized carbons (Fsp3) is 0.382. The number of thioether (sulfide) groups is 1. The quantitative estimate of drug-likeness (QED) is 0.122. The van der Waals surface area contributed by atoms with Crippen LogP contribution >= 0.6 is 11.8 Å². The third kappa shape index (κ3) is 9.00. The molecule has 1 saturated heterocycles. The van der Waals surface area contributed by atoms with Crippen LogP contribution in [0.25, 0.3) is 5.69 Å². The zero-order valence-electron chi connectivity index (χ0n) is 26.0. The fourth-order valence-corrected chi connectivity index (χ4v) is 6.32. The van der Waals surface area contributed by atoms with Crippen molar-refractivity contribution in [3.63, 3.8) is 0 Å². The molecule has 1 fully saturated rings. The van der Waals surface area contributed by atoms with E-state index in [0.29, 0.717) is 29.6 Å². The SMILES string of the molecule is CC(=O)NCCCCCC(=O)Nc1ccc([C@H]2O[C@@H](CSc3nnnn3-c3ccccc3)[C@@H](C)[C@@H](c3ccc(CO)cc3)O2)cc1. The molecule has 4 atom stereocenters. The van der Waals surface area contributed by atoms with Crippen molar-refractivity contribution in [3.05, 3.63) is 95.6 Å². The topological polar surface area (TPSA) is 140 Å². The Morgan fingerprint density at radius 2 is 1.67 bits per heavy atom. The van der Waals surface area contributed by atoms with Crippen LogP contribution < -0.4 is 10.6 Å². The lowest BCUT2D eigenvalue weighted by Gasteiger charge is -2.41. The number of ether oxygens (including phenoxy) is 2. The van der Waals surface area contributed by atoms with Gasteiger partial charge in [-0.05, 0) is 58.7 Å². The Labute approximate surface area is 273 Å². The number of unbranched alkanes of at least 4 members (excludes halogenated alkanes) is 2. The summed E-state index contributed by atoms with van der Waals surface area (Å²) in [6.07, 6.45) is 1.79. The second-order valence-electron chi connectivity index (χ2n) is 11.3. The van der Waals surface area contributed by atoms with Crippen molar-refractivity contribution in [3.8, 4) is 5.69 Å². The van der Waals surface area contributed by atoms with E-state index in [2.05, 4.69) is 33.1 Å². The Balaban J connectivity index is 1.25. The number of anilines is 1. The van der Waals surface area contributed by atoms with Crippen molar-refractivity contribution in [2.75, 3.05) is 17.6 Å². The summed E-state index contributed by atoms with van der Waals surface area (Å²) in [4.78, 5) is 23.5. The van der Waals surface area contributed by atoms with E-state index in [-0.39, 0.29) is 36.5 Å². The van der Waals surface area contributed by atoms with Gasteiger partial charge in [0.2, 0.25) is 17.0 Å². The van der Waals surface area contributed by atoms with Crippen LogP contribution in [-0.4, -0.2) is 55.5 Å². The maximum absolute atomic E-state index is 12.5. The molecule has 5 rings (SSSR count). The molecule has 12 heteroatoms. The number of nitrogens with one attached hydrogen (secondary N) is 2. The van der Waals surface area contributed by atoms with Crippen molar-refractivity contribution >= 4 is 29.3 Å². The maximum atomic E-state index is 12.5. The second-order valence-corrected chi connectivity index (χ2v) is 12.3. The molecule has 0 spiro atoms. The summed E-state index contributed by atoms with van der Waals surface area (Å²) >= 11 is 1.53. The van der Waals surface area contributed by atoms with E-state index < -0.39 is 6.29 Å². The number of para-hydroxylation sites is 1. The molecule has 46 heavy (non-hydrogen) atoms. The number of benzene rings is 3. The average Bonchev–Trinajstić information content (AvgIpc) is 3.55. The molecule has 1 aliphatic rings. The average molecular weight is 645 g/mol. The second kappa shape index (κ2) is 16.5. The first-order valence-corrected chi connectivity index (χ1v) is 16.5. The number of carbonyl (C=O) groups is 2. The van der Waals surface area contributed by atoms with Crippen LogP contribution in [0.4, 0.5) is 5.69 Å². The minimum Gasteiger partial charge on any atom is -0.392 e. The Morgan fingerprint density at radius 1 is 0.935 bits per heavy atom. The van der Waals surface area contributed by atoms with Crippen molar-refractivity contribution in [2.24, 2.45) is 5.92 Å². The highest BCUT2D eigenvalue weighted by molar-refractivity contribution is 7.99. The van der Waals surface area contributed by atoms with Crippen LogP contribution in [0.1, 0.15) is 68.6 Å². The molecular weight excluding hydrogens is 604 g/mol. The molecular formula is C34H40N6O5S. The normalized spacial score (nSPS) is 19.5. The van der Waals surface area contributed by atoms with Crippen molar-refractivity contribution in [1.29, 1.82) is 0 Å². The Hall–Kier alpha value is -4.10. The number of amides is 2. The number of aromatic nitrogens is 4. The number of aliphatic hydroxyl groups is 1. The number of tetrazole rings is 1. The molecule has 242 valence electrons. The van der Waals surface area contributed by atoms with E-state index in [9.17, 15) is 14.7 Å². The fourth-order valence-electron chi connectivity index (χ4n) is 5.27. The Bertz CT molecular complexity index is 1550. The molecule has 3 N–H and O–H groups in total. The summed E-state index contributed by atoms with van der Waals surface area (Å²) in [5.41, 5.74) is 4.26. The zero-order chi connectivity index (χ0) is 32.3. The molecule has 0 saturated carbocycles. The standard InChI is InChI=1S/C34H40N6O5S/c1-23-30(22-46-34-37-38-39-40(34)29-9-5-3-6-10-29)44-33(45-32(23)26-14-12-25(21-41)13-15-26)27-16-18-28(19-17-27)36-31(43)11-7-4-8-20-35-24(2)42/h3,5-6,9-10,12-19,23,30,32-33,41H,4,7-8,11,20-22H2,1-2H3,(H,35,42)(H,36,43)/t23-,30+,32+,33+/m1/s1. The summed E-state index contributed by atoms with van der Waals surface area (Å²) in [5.74, 6) is 0.510. The van der Waals surface area contributed by atoms with Crippen LogP contribution in [0.2, 0.25) is 0 Å². The van der Waals surface area contributed by atoms with Gasteiger partial charge in [0, 0.05) is 42.8 Å². The van der Waals surface area contributed by atoms with Gasteiger partial charge in [0.15, 0.2) is 6.29 Å². The predicted molar refractivity (Wildman–Crippen MR) is 175 cm³/mol. The monoisotopic (exact) mass is 644 g/mol. The Morgan fingerprint density at radius 3 is 2.39 bits per heavy atom. The molecule has 1 aliphatic heterocycles. The lowest BCUT2D eigenvalue weighted by molar-refractivity contribution is -0.268. The van der Waals surface area contributed by atoms with Crippen LogP contribution in [0.15, 0.2) is 84.0 Å². The van der Waals surface area contributed by atoms with Gasteiger partial charge in [-0.3, -0.25) is 9.59 Å². The number of aliphatic hydroxyl groups excluding tert-OH is 1. The van der Waals surface area contributed by atoms with Gasteiger partial charge in [-0.1, -0.05) is 79.7 Å². The van der Waals surface area contributed by atoms with Gasteiger partial charge in [0.05, 0.1) is 24.5 Å². The number of hydrogen-bond donors (Lipinski definition) is 3. The predicted octanol–water partition coefficient (Wildman–Crippen LogP) is 5.37. The molecule has 11 nitrogen and oxygen atoms in total. The molecule has 0 unspecified atom stereocenters. The van der Waals surface area contributed by atoms with E-state index in [1.165, 1.54) is 18.7 Å². The number of carbonyl (C=O) groups excluding carboxylic acids is 2. The third-order valence-corrected chi connectivity index (χ3v) is 8.87. The lowest BCUT2D eigenvalue weighted by Crippen LogP contribution is -2.38. The van der Waals surface area contributed by atoms with Gasteiger partial charge < -0.3 is 25.2 Å². The molecule has 2 heterocycles. The number of nitrogens with zero attached hydrogens (tertiary/aromatic N) is 4. The van der Waals surface area contributed by atoms with E-state index in [1.54, 1.807) is 4.68 Å². The minimum absolute atomic E-state index is 0.00147. The van der Waals surface area contributed by atoms with E-state index in [0.717, 1.165) is 41.6 Å². The summed E-state index contributed by atoms with van der Waals surface area (Å²) < 4.78 is 14.9. The highest BCUT2D eigenvalue weighted by Gasteiger charge is 2.38. The Kier molecular flexibility index (Phi) is 11.9. The van der Waals surface area contributed by atoms with Crippen LogP contribution in [0.3, 0.4) is 0 Å². The van der Waals surface area contributed by atoms with Gasteiger partial charge in [0.25, 0.3) is 0 Å². The first-order chi connectivity index (χ1) is 22.4. The van der Waals surface area contributed by atoms with E-state index in [1.807, 2.05) is 78.9 Å². The van der Waals surface area contributed by atoms with Crippen LogP contribution in [0.5, 0.6) is 0 Å². The molecule has 0 radical (unpaired) electrons. The molecule has 3 aromatic carbocycles. The van der Waals surface area contributed by atoms with Gasteiger partial charge in [-0.15, -0.1) is 5.10 Å². The lowest BCUT2D eigenvalue weighted by atomic mass is 9.91. The smallest absolute Gasteiger partial charge is 0.224 e. The minimum atomic E-state index is -0.636. The number of rotatable bonds is 14. The maximum Gasteiger partial charge on any atom is 0.224 e. The first kappa shape index (κ1) is 33.3. The molecule has 4 aromatic rings. The number of hydrogen-bond acceptors (Lipinski definition) is 9. The van der Waals surface area contributed by atoms with E-state index >= 15 is 0 Å². The summed E-state index contributed by atoms with van der Waals surface area (Å²) in [6.45, 7) is 4.22. The van der Waals surface area contributed by atoms with Crippen LogP contribution in [0, 0.1) is 5.92 Å². The molecule has 0 bridgehead atoms. The van der Waals surface area contributed by atoms with Crippen molar-refractivity contribution < 1.29 is 24.2 Å². The first-order valence-electron chi connectivity index (χ1n) is 15.5. The summed E-state index contributed by atoms with van der Waals surface area (Å²) in [5, 5.41) is 28.3.